The van der Waals surface area contributed by atoms with E-state index in [-0.39, 0.29) is 0 Å². The van der Waals surface area contributed by atoms with Crippen molar-refractivity contribution in [1.29, 1.82) is 0 Å². The van der Waals surface area contributed by atoms with E-state index >= 15 is 0 Å². The maximum Gasteiger partial charge on any atom is 0.494 e. The van der Waals surface area contributed by atoms with E-state index in [9.17, 15) is 4.79 Å². The van der Waals surface area contributed by atoms with Crippen molar-refractivity contribution < 1.29 is 27.8 Å². The predicted molar refractivity (Wildman–Crippen MR) is 146 cm³/mol. The van der Waals surface area contributed by atoms with Gasteiger partial charge in [-0.15, -0.1) is 0 Å². The number of benzene rings is 2. The molecule has 2 saturated heterocycles. The molecule has 37 heavy (non-hydrogen) atoms. The van der Waals surface area contributed by atoms with Crippen LogP contribution in [0, 0.1) is 0 Å². The highest BCUT2D eigenvalue weighted by Crippen LogP contribution is 2.39. The molecule has 5 rings (SSSR count). The van der Waals surface area contributed by atoms with Gasteiger partial charge in [-0.25, -0.2) is 4.79 Å². The Morgan fingerprint density at radius 3 is 1.62 bits per heavy atom. The van der Waals surface area contributed by atoms with E-state index in [1.807, 2.05) is 91.8 Å². The topological polar surface area (TPSA) is 76.4 Å². The van der Waals surface area contributed by atoms with Crippen LogP contribution in [0.25, 0.3) is 22.1 Å². The second-order valence-corrected chi connectivity index (χ2v) is 11.9. The molecule has 2 aromatic carbocycles. The Labute approximate surface area is 218 Å². The van der Waals surface area contributed by atoms with Crippen LogP contribution in [0.5, 0.6) is 5.75 Å². The van der Waals surface area contributed by atoms with Crippen molar-refractivity contribution in [3.8, 4) is 16.9 Å². The summed E-state index contributed by atoms with van der Waals surface area (Å²) in [6.07, 6.45) is 0. The lowest BCUT2D eigenvalue weighted by molar-refractivity contribution is 0.00578. The van der Waals surface area contributed by atoms with Gasteiger partial charge >= 0.3 is 19.9 Å². The second-order valence-electron chi connectivity index (χ2n) is 11.9. The van der Waals surface area contributed by atoms with Crippen molar-refractivity contribution in [2.75, 3.05) is 7.11 Å². The molecule has 3 aromatic rings. The molecule has 0 radical (unpaired) electrons. The van der Waals surface area contributed by atoms with Gasteiger partial charge < -0.3 is 27.8 Å². The first-order valence-electron chi connectivity index (χ1n) is 12.6. The molecule has 194 valence electrons. The highest BCUT2D eigenvalue weighted by atomic mass is 16.7. The van der Waals surface area contributed by atoms with E-state index in [2.05, 4.69) is 0 Å². The summed E-state index contributed by atoms with van der Waals surface area (Å²) in [6, 6.07) is 13.1. The summed E-state index contributed by atoms with van der Waals surface area (Å²) in [4.78, 5) is 13.2. The zero-order valence-corrected chi connectivity index (χ0v) is 23.1. The number of rotatable bonds is 4. The van der Waals surface area contributed by atoms with Gasteiger partial charge in [-0.2, -0.15) is 0 Å². The molecule has 0 unspecified atom stereocenters. The summed E-state index contributed by atoms with van der Waals surface area (Å²) >= 11 is 0. The van der Waals surface area contributed by atoms with Crippen LogP contribution in [-0.2, 0) is 18.6 Å². The van der Waals surface area contributed by atoms with Crippen LogP contribution in [-0.4, -0.2) is 43.8 Å². The Bertz CT molecular complexity index is 1370. The molecule has 0 spiro atoms. The van der Waals surface area contributed by atoms with Crippen molar-refractivity contribution in [1.82, 2.24) is 0 Å². The molecule has 0 saturated carbocycles. The molecular formula is C28H34B2O7. The predicted octanol–water partition coefficient (Wildman–Crippen LogP) is 4.07. The standard InChI is InChI=1S/C28H34B2O7/c1-25(2)26(3,4)35-29(34-25)18-12-10-17(11-13-18)22-23(32-9)20-15-14-19(16-21(20)33-24(22)31)30-36-27(5,6)28(7,8)37-30/h10-16H,1-9H3. The highest BCUT2D eigenvalue weighted by Gasteiger charge is 2.52. The zero-order chi connectivity index (χ0) is 27.0. The van der Waals surface area contributed by atoms with Gasteiger partial charge in [0.2, 0.25) is 0 Å². The largest absolute Gasteiger partial charge is 0.495 e. The molecule has 0 amide bonds. The zero-order valence-electron chi connectivity index (χ0n) is 23.1. The molecule has 7 nitrogen and oxygen atoms in total. The van der Waals surface area contributed by atoms with Crippen LogP contribution < -0.4 is 21.3 Å². The molecule has 2 aliphatic rings. The fourth-order valence-corrected chi connectivity index (χ4v) is 4.56. The van der Waals surface area contributed by atoms with Crippen LogP contribution in [0.15, 0.2) is 51.7 Å². The van der Waals surface area contributed by atoms with E-state index in [0.29, 0.717) is 27.8 Å². The monoisotopic (exact) mass is 504 g/mol. The minimum absolute atomic E-state index is 0.360. The lowest BCUT2D eigenvalue weighted by Crippen LogP contribution is -2.41. The Balaban J connectivity index is 1.49. The molecule has 2 aliphatic heterocycles. The first-order valence-corrected chi connectivity index (χ1v) is 12.6. The summed E-state index contributed by atoms with van der Waals surface area (Å²) in [5.41, 5.74) is 0.805. The average Bonchev–Trinajstić information content (AvgIpc) is 3.17. The van der Waals surface area contributed by atoms with Crippen molar-refractivity contribution in [2.24, 2.45) is 0 Å². The highest BCUT2D eigenvalue weighted by molar-refractivity contribution is 6.62. The van der Waals surface area contributed by atoms with Gasteiger partial charge in [0.25, 0.3) is 0 Å². The Kier molecular flexibility index (Phi) is 5.96. The summed E-state index contributed by atoms with van der Waals surface area (Å²) in [6.45, 7) is 16.1. The molecule has 0 atom stereocenters. The Morgan fingerprint density at radius 1 is 0.676 bits per heavy atom. The molecule has 2 fully saturated rings. The van der Waals surface area contributed by atoms with Gasteiger partial charge in [0.15, 0.2) is 0 Å². The lowest BCUT2D eigenvalue weighted by atomic mass is 9.78. The fourth-order valence-electron chi connectivity index (χ4n) is 4.56. The van der Waals surface area contributed by atoms with Crippen molar-refractivity contribution in [3.05, 3.63) is 52.9 Å². The van der Waals surface area contributed by atoms with E-state index in [0.717, 1.165) is 10.9 Å². The maximum atomic E-state index is 13.2. The third kappa shape index (κ3) is 4.22. The molecule has 9 heteroatoms. The smallest absolute Gasteiger partial charge is 0.494 e. The molecule has 0 N–H and O–H groups in total. The van der Waals surface area contributed by atoms with Gasteiger partial charge in [0, 0.05) is 0 Å². The number of methoxy groups -OCH3 is 1. The van der Waals surface area contributed by atoms with Gasteiger partial charge in [0.1, 0.15) is 16.9 Å². The van der Waals surface area contributed by atoms with E-state index in [1.165, 1.54) is 0 Å². The SMILES string of the molecule is COc1c(-c2ccc(B3OC(C)(C)C(C)(C)O3)cc2)c(=O)oc2cc(B3OC(C)(C)C(C)(C)O3)ccc12. The quantitative estimate of drug-likeness (QED) is 0.392. The van der Waals surface area contributed by atoms with Crippen LogP contribution in [0.4, 0.5) is 0 Å². The van der Waals surface area contributed by atoms with E-state index < -0.39 is 42.3 Å². The van der Waals surface area contributed by atoms with Crippen molar-refractivity contribution >= 4 is 36.1 Å². The average molecular weight is 504 g/mol. The molecule has 0 aliphatic carbocycles. The number of ether oxygens (including phenoxy) is 1. The molecule has 1 aromatic heterocycles. The van der Waals surface area contributed by atoms with E-state index in [4.69, 9.17) is 27.8 Å². The van der Waals surface area contributed by atoms with Crippen molar-refractivity contribution in [2.45, 2.75) is 77.8 Å². The molecular weight excluding hydrogens is 470 g/mol. The van der Waals surface area contributed by atoms with Gasteiger partial charge in [0.05, 0.1) is 34.9 Å². The summed E-state index contributed by atoms with van der Waals surface area (Å²) < 4.78 is 36.2. The number of fused-ring (bicyclic) bond motifs is 1. The van der Waals surface area contributed by atoms with Crippen LogP contribution >= 0.6 is 0 Å². The normalized spacial score (nSPS) is 21.5. The van der Waals surface area contributed by atoms with Gasteiger partial charge in [-0.3, -0.25) is 0 Å². The van der Waals surface area contributed by atoms with Crippen LogP contribution in [0.3, 0.4) is 0 Å². The fraction of sp³-hybridized carbons (Fsp3) is 0.464. The Hall–Kier alpha value is -2.58. The van der Waals surface area contributed by atoms with Crippen LogP contribution in [0.2, 0.25) is 0 Å². The molecule has 3 heterocycles. The third-order valence-corrected chi connectivity index (χ3v) is 8.34. The maximum absolute atomic E-state index is 13.2. The van der Waals surface area contributed by atoms with E-state index in [1.54, 1.807) is 13.2 Å². The summed E-state index contributed by atoms with van der Waals surface area (Å²) in [7, 11) is 0.508. The summed E-state index contributed by atoms with van der Waals surface area (Å²) in [5, 5.41) is 0.687. The number of hydrogen-bond donors (Lipinski definition) is 0. The number of hydrogen-bond acceptors (Lipinski definition) is 7. The van der Waals surface area contributed by atoms with Gasteiger partial charge in [-0.1, -0.05) is 30.3 Å². The van der Waals surface area contributed by atoms with Crippen molar-refractivity contribution in [3.63, 3.8) is 0 Å². The Morgan fingerprint density at radius 2 is 1.14 bits per heavy atom. The third-order valence-electron chi connectivity index (χ3n) is 8.34. The minimum Gasteiger partial charge on any atom is -0.495 e. The van der Waals surface area contributed by atoms with Crippen LogP contribution in [0.1, 0.15) is 55.4 Å². The molecule has 0 bridgehead atoms. The van der Waals surface area contributed by atoms with Gasteiger partial charge in [-0.05, 0) is 84.0 Å². The first kappa shape index (κ1) is 26.0. The lowest BCUT2D eigenvalue weighted by Gasteiger charge is -2.32. The first-order chi connectivity index (χ1) is 17.2. The summed E-state index contributed by atoms with van der Waals surface area (Å²) in [5.74, 6) is 0.454. The second kappa shape index (κ2) is 8.46. The minimum atomic E-state index is -0.562.